The minimum atomic E-state index is -0.668. The molecule has 1 aliphatic carbocycles. The van der Waals surface area contributed by atoms with E-state index in [2.05, 4.69) is 10.6 Å². The predicted octanol–water partition coefficient (Wildman–Crippen LogP) is 3.63. The molecule has 1 aromatic rings. The molecule has 0 bridgehead atoms. The third-order valence-electron chi connectivity index (χ3n) is 6.76. The van der Waals surface area contributed by atoms with Gasteiger partial charge >= 0.3 is 0 Å². The maximum atomic E-state index is 13.0. The Bertz CT molecular complexity index is 823. The molecule has 1 aromatic carbocycles. The molecular weight excluding hydrogens is 424 g/mol. The van der Waals surface area contributed by atoms with E-state index in [4.69, 9.17) is 0 Å². The first kappa shape index (κ1) is 24.9. The number of hydrogen-bond donors (Lipinski definition) is 4. The van der Waals surface area contributed by atoms with Crippen LogP contribution in [0.15, 0.2) is 18.2 Å². The predicted molar refractivity (Wildman–Crippen MR) is 129 cm³/mol. The van der Waals surface area contributed by atoms with Crippen molar-refractivity contribution < 1.29 is 19.8 Å². The highest BCUT2D eigenvalue weighted by Gasteiger charge is 2.43. The number of aromatic hydroxyl groups is 1. The van der Waals surface area contributed by atoms with Gasteiger partial charge in [-0.15, -0.1) is 0 Å². The number of carbonyl (C=O) groups is 2. The average Bonchev–Trinajstić information content (AvgIpc) is 3.18. The molecule has 1 saturated heterocycles. The third kappa shape index (κ3) is 6.41. The van der Waals surface area contributed by atoms with E-state index in [9.17, 15) is 19.8 Å². The fourth-order valence-corrected chi connectivity index (χ4v) is 6.61. The van der Waals surface area contributed by atoms with E-state index in [-0.39, 0.29) is 41.5 Å². The van der Waals surface area contributed by atoms with Crippen LogP contribution in [0.5, 0.6) is 5.75 Å². The molecule has 4 N–H and O–H groups in total. The largest absolute Gasteiger partial charge is 0.508 e. The Balaban J connectivity index is 1.54. The Morgan fingerprint density at radius 1 is 1.25 bits per heavy atom. The van der Waals surface area contributed by atoms with Crippen LogP contribution in [-0.2, 0) is 4.79 Å². The van der Waals surface area contributed by atoms with Crippen LogP contribution in [0.2, 0.25) is 0 Å². The molecule has 0 radical (unpaired) electrons. The molecule has 0 aromatic heterocycles. The van der Waals surface area contributed by atoms with Gasteiger partial charge in [-0.2, -0.15) is 11.8 Å². The van der Waals surface area contributed by atoms with Crippen LogP contribution in [0.25, 0.3) is 0 Å². The van der Waals surface area contributed by atoms with Gasteiger partial charge in [0, 0.05) is 34.4 Å². The van der Waals surface area contributed by atoms with Crippen molar-refractivity contribution in [3.05, 3.63) is 29.3 Å². The summed E-state index contributed by atoms with van der Waals surface area (Å²) < 4.78 is 0. The van der Waals surface area contributed by atoms with Crippen molar-refractivity contribution in [2.75, 3.05) is 12.3 Å². The SMILES string of the molecule is Cc1c(O)cccc1C(=O)NC[C@@H](O)CCC1C[C@H]2CCSC2C[C@H]1C(=O)NC(C)(C)C. The summed E-state index contributed by atoms with van der Waals surface area (Å²) in [6, 6.07) is 4.84. The highest BCUT2D eigenvalue weighted by atomic mass is 32.2. The minimum Gasteiger partial charge on any atom is -0.508 e. The van der Waals surface area contributed by atoms with Crippen molar-refractivity contribution in [3.63, 3.8) is 0 Å². The van der Waals surface area contributed by atoms with Gasteiger partial charge in [0.25, 0.3) is 5.91 Å². The molecule has 1 aliphatic heterocycles. The Morgan fingerprint density at radius 2 is 2.00 bits per heavy atom. The molecule has 2 fully saturated rings. The topological polar surface area (TPSA) is 98.7 Å². The Morgan fingerprint density at radius 3 is 2.72 bits per heavy atom. The second kappa shape index (κ2) is 10.5. The number of rotatable bonds is 7. The summed E-state index contributed by atoms with van der Waals surface area (Å²) in [4.78, 5) is 25.5. The molecule has 3 rings (SSSR count). The fourth-order valence-electron chi connectivity index (χ4n) is 5.00. The van der Waals surface area contributed by atoms with E-state index >= 15 is 0 Å². The smallest absolute Gasteiger partial charge is 0.251 e. The first-order valence-electron chi connectivity index (χ1n) is 11.7. The molecule has 1 heterocycles. The van der Waals surface area contributed by atoms with Gasteiger partial charge in [0.15, 0.2) is 0 Å². The number of hydrogen-bond acceptors (Lipinski definition) is 5. The molecule has 32 heavy (non-hydrogen) atoms. The van der Waals surface area contributed by atoms with Crippen molar-refractivity contribution in [3.8, 4) is 5.75 Å². The fraction of sp³-hybridized carbons (Fsp3) is 0.680. The number of phenolic OH excluding ortho intramolecular Hbond substituents is 1. The van der Waals surface area contributed by atoms with Gasteiger partial charge in [-0.05, 0) is 89.5 Å². The summed E-state index contributed by atoms with van der Waals surface area (Å²) in [6.07, 6.45) is 3.85. The molecule has 2 unspecified atom stereocenters. The lowest BCUT2D eigenvalue weighted by atomic mass is 9.70. The second-order valence-corrected chi connectivity index (χ2v) is 11.8. The van der Waals surface area contributed by atoms with Crippen molar-refractivity contribution in [2.24, 2.45) is 17.8 Å². The summed E-state index contributed by atoms with van der Waals surface area (Å²) in [7, 11) is 0. The molecule has 2 aliphatic rings. The summed E-state index contributed by atoms with van der Waals surface area (Å²) in [5.41, 5.74) is 0.682. The lowest BCUT2D eigenvalue weighted by molar-refractivity contribution is -0.129. The number of phenols is 1. The Labute approximate surface area is 195 Å². The lowest BCUT2D eigenvalue weighted by Crippen LogP contribution is -2.48. The Kier molecular flexibility index (Phi) is 8.15. The molecule has 1 saturated carbocycles. The number of carbonyl (C=O) groups excluding carboxylic acids is 2. The van der Waals surface area contributed by atoms with Gasteiger partial charge in [-0.3, -0.25) is 9.59 Å². The highest BCUT2D eigenvalue weighted by molar-refractivity contribution is 8.00. The summed E-state index contributed by atoms with van der Waals surface area (Å²) in [5, 5.41) is 26.8. The third-order valence-corrected chi connectivity index (χ3v) is 8.24. The monoisotopic (exact) mass is 462 g/mol. The molecule has 5 atom stereocenters. The number of fused-ring (bicyclic) bond motifs is 1. The van der Waals surface area contributed by atoms with Crippen LogP contribution < -0.4 is 10.6 Å². The van der Waals surface area contributed by atoms with Crippen molar-refractivity contribution in [1.82, 2.24) is 10.6 Å². The maximum absolute atomic E-state index is 13.0. The number of nitrogens with one attached hydrogen (secondary N) is 2. The zero-order valence-electron chi connectivity index (χ0n) is 19.7. The first-order valence-corrected chi connectivity index (χ1v) is 12.8. The molecule has 2 amide bonds. The van der Waals surface area contributed by atoms with Crippen LogP contribution >= 0.6 is 11.8 Å². The molecule has 0 spiro atoms. The van der Waals surface area contributed by atoms with Crippen LogP contribution in [-0.4, -0.2) is 51.2 Å². The zero-order chi connectivity index (χ0) is 23.5. The molecule has 178 valence electrons. The summed E-state index contributed by atoms with van der Waals surface area (Å²) in [6.45, 7) is 7.88. The van der Waals surface area contributed by atoms with Crippen molar-refractivity contribution >= 4 is 23.6 Å². The van der Waals surface area contributed by atoms with E-state index in [1.54, 1.807) is 25.1 Å². The molecule has 7 heteroatoms. The van der Waals surface area contributed by atoms with E-state index in [0.717, 1.165) is 19.3 Å². The highest BCUT2D eigenvalue weighted by Crippen LogP contribution is 2.48. The van der Waals surface area contributed by atoms with Gasteiger partial charge in [0.1, 0.15) is 5.75 Å². The number of aliphatic hydroxyl groups excluding tert-OH is 1. The van der Waals surface area contributed by atoms with E-state index in [1.807, 2.05) is 32.5 Å². The quantitative estimate of drug-likeness (QED) is 0.496. The van der Waals surface area contributed by atoms with Gasteiger partial charge in [-0.25, -0.2) is 0 Å². The normalized spacial score (nSPS) is 26.3. The standard InChI is InChI=1S/C25H38N2O4S/c1-15-19(6-5-7-21(15)29)23(30)26-14-18(28)9-8-16-12-17-10-11-32-22(17)13-20(16)24(31)27-25(2,3)4/h5-7,16-18,20,22,28-29H,8-14H2,1-4H3,(H,26,30)(H,27,31)/t16?,17-,18+,20-,22?/m1/s1. The maximum Gasteiger partial charge on any atom is 0.251 e. The van der Waals surface area contributed by atoms with Crippen molar-refractivity contribution in [2.45, 2.75) is 76.7 Å². The van der Waals surface area contributed by atoms with E-state index in [1.165, 1.54) is 12.2 Å². The van der Waals surface area contributed by atoms with Crippen LogP contribution in [0, 0.1) is 24.7 Å². The van der Waals surface area contributed by atoms with Gasteiger partial charge < -0.3 is 20.8 Å². The number of benzene rings is 1. The second-order valence-electron chi connectivity index (χ2n) is 10.4. The summed E-state index contributed by atoms with van der Waals surface area (Å²) >= 11 is 2.01. The van der Waals surface area contributed by atoms with Gasteiger partial charge in [0.2, 0.25) is 5.91 Å². The molecule has 6 nitrogen and oxygen atoms in total. The lowest BCUT2D eigenvalue weighted by Gasteiger charge is -2.39. The summed E-state index contributed by atoms with van der Waals surface area (Å²) in [5.74, 6) is 2.01. The number of aliphatic hydroxyl groups is 1. The zero-order valence-corrected chi connectivity index (χ0v) is 20.5. The first-order chi connectivity index (χ1) is 15.0. The van der Waals surface area contributed by atoms with Gasteiger partial charge in [0.05, 0.1) is 6.10 Å². The van der Waals surface area contributed by atoms with Crippen LogP contribution in [0.3, 0.4) is 0 Å². The van der Waals surface area contributed by atoms with E-state index in [0.29, 0.717) is 28.7 Å². The number of thioether (sulfide) groups is 1. The van der Waals surface area contributed by atoms with Crippen molar-refractivity contribution in [1.29, 1.82) is 0 Å². The van der Waals surface area contributed by atoms with E-state index < -0.39 is 6.10 Å². The van der Waals surface area contributed by atoms with Gasteiger partial charge in [-0.1, -0.05) is 6.07 Å². The molecular formula is C25H38N2O4S. The number of amides is 2. The Hall–Kier alpha value is -1.73. The minimum absolute atomic E-state index is 0.0159. The van der Waals surface area contributed by atoms with Crippen LogP contribution in [0.4, 0.5) is 0 Å². The average molecular weight is 463 g/mol. The van der Waals surface area contributed by atoms with Crippen LogP contribution in [0.1, 0.15) is 68.8 Å².